The standard InChI is InChI=1S/C13H17F2NO2S/c14-13(15)19-8-12-4-3-11(18-12)6-16-10-2-1-9(5-10)7-17/h1-4,9-10,13,16-17H,5-8H2/t9-,10+/m0/s1. The Morgan fingerprint density at radius 1 is 1.37 bits per heavy atom. The molecule has 0 bridgehead atoms. The van der Waals surface area contributed by atoms with Crippen molar-refractivity contribution in [3.8, 4) is 0 Å². The highest BCUT2D eigenvalue weighted by atomic mass is 32.2. The molecule has 0 saturated carbocycles. The fourth-order valence-electron chi connectivity index (χ4n) is 2.03. The summed E-state index contributed by atoms with van der Waals surface area (Å²) in [4.78, 5) is 0. The van der Waals surface area contributed by atoms with Crippen LogP contribution < -0.4 is 5.32 Å². The van der Waals surface area contributed by atoms with Gasteiger partial charge in [-0.05, 0) is 18.6 Å². The molecule has 19 heavy (non-hydrogen) atoms. The molecular weight excluding hydrogens is 272 g/mol. The summed E-state index contributed by atoms with van der Waals surface area (Å²) in [5, 5.41) is 12.3. The summed E-state index contributed by atoms with van der Waals surface area (Å²) in [5.74, 6) is -0.644. The van der Waals surface area contributed by atoms with E-state index in [0.29, 0.717) is 24.1 Å². The van der Waals surface area contributed by atoms with Gasteiger partial charge in [0.2, 0.25) is 0 Å². The van der Waals surface area contributed by atoms with Crippen molar-refractivity contribution < 1.29 is 18.3 Å². The first-order valence-corrected chi connectivity index (χ1v) is 7.22. The number of furan rings is 1. The molecular formula is C13H17F2NO2S. The minimum Gasteiger partial charge on any atom is -0.464 e. The number of rotatable bonds is 7. The molecule has 6 heteroatoms. The molecule has 1 aromatic heterocycles. The Morgan fingerprint density at radius 2 is 2.16 bits per heavy atom. The first-order valence-electron chi connectivity index (χ1n) is 6.17. The Bertz CT molecular complexity index is 423. The van der Waals surface area contributed by atoms with Crippen molar-refractivity contribution in [2.45, 2.75) is 30.5 Å². The third-order valence-electron chi connectivity index (χ3n) is 3.01. The number of hydrogen-bond acceptors (Lipinski definition) is 4. The third-order valence-corrected chi connectivity index (χ3v) is 3.72. The minimum atomic E-state index is -2.37. The Kier molecular flexibility index (Phi) is 5.42. The molecule has 0 aromatic carbocycles. The van der Waals surface area contributed by atoms with E-state index in [1.807, 2.05) is 12.2 Å². The monoisotopic (exact) mass is 289 g/mol. The molecule has 1 aliphatic carbocycles. The van der Waals surface area contributed by atoms with Crippen LogP contribution in [0.5, 0.6) is 0 Å². The maximum absolute atomic E-state index is 12.0. The molecule has 2 N–H and O–H groups in total. The van der Waals surface area contributed by atoms with Gasteiger partial charge >= 0.3 is 0 Å². The van der Waals surface area contributed by atoms with Crippen LogP contribution in [0.1, 0.15) is 17.9 Å². The van der Waals surface area contributed by atoms with Crippen LogP contribution in [0.3, 0.4) is 0 Å². The lowest BCUT2D eigenvalue weighted by Crippen LogP contribution is -2.25. The normalized spacial score (nSPS) is 22.5. The smallest absolute Gasteiger partial charge is 0.284 e. The van der Waals surface area contributed by atoms with Crippen molar-refractivity contribution >= 4 is 11.8 Å². The average molecular weight is 289 g/mol. The largest absolute Gasteiger partial charge is 0.464 e. The highest BCUT2D eigenvalue weighted by Crippen LogP contribution is 2.22. The van der Waals surface area contributed by atoms with E-state index < -0.39 is 5.76 Å². The van der Waals surface area contributed by atoms with Gasteiger partial charge in [0.25, 0.3) is 5.76 Å². The number of halogens is 2. The van der Waals surface area contributed by atoms with E-state index in [1.54, 1.807) is 12.1 Å². The van der Waals surface area contributed by atoms with E-state index in [-0.39, 0.29) is 24.3 Å². The minimum absolute atomic E-state index is 0.171. The highest BCUT2D eigenvalue weighted by molar-refractivity contribution is 7.98. The molecule has 3 nitrogen and oxygen atoms in total. The quantitative estimate of drug-likeness (QED) is 0.758. The van der Waals surface area contributed by atoms with Crippen LogP contribution in [0.4, 0.5) is 8.78 Å². The fourth-order valence-corrected chi connectivity index (χ4v) is 2.48. The summed E-state index contributed by atoms with van der Waals surface area (Å²) in [6, 6.07) is 3.77. The van der Waals surface area contributed by atoms with Gasteiger partial charge in [0.1, 0.15) is 11.5 Å². The molecule has 1 heterocycles. The Hall–Kier alpha value is -0.850. The van der Waals surface area contributed by atoms with Crippen LogP contribution in [-0.4, -0.2) is 23.5 Å². The van der Waals surface area contributed by atoms with Gasteiger partial charge in [-0.25, -0.2) is 0 Å². The second-order valence-corrected chi connectivity index (χ2v) is 5.47. The van der Waals surface area contributed by atoms with Crippen molar-refractivity contribution in [1.82, 2.24) is 5.32 Å². The van der Waals surface area contributed by atoms with E-state index in [2.05, 4.69) is 5.32 Å². The fraction of sp³-hybridized carbons (Fsp3) is 0.538. The maximum Gasteiger partial charge on any atom is 0.284 e. The predicted octanol–water partition coefficient (Wildman–Crippen LogP) is 2.76. The Balaban J connectivity index is 1.73. The van der Waals surface area contributed by atoms with Crippen LogP contribution in [0.15, 0.2) is 28.7 Å². The Morgan fingerprint density at radius 3 is 2.84 bits per heavy atom. The van der Waals surface area contributed by atoms with Crippen molar-refractivity contribution in [2.24, 2.45) is 5.92 Å². The molecule has 1 aromatic rings. The van der Waals surface area contributed by atoms with E-state index in [0.717, 1.165) is 12.2 Å². The van der Waals surface area contributed by atoms with Gasteiger partial charge in [0.15, 0.2) is 0 Å². The molecule has 0 aliphatic heterocycles. The molecule has 0 amide bonds. The maximum atomic E-state index is 12.0. The zero-order valence-electron chi connectivity index (χ0n) is 10.4. The van der Waals surface area contributed by atoms with Crippen molar-refractivity contribution in [3.05, 3.63) is 35.8 Å². The van der Waals surface area contributed by atoms with Crippen molar-refractivity contribution in [2.75, 3.05) is 6.61 Å². The molecule has 0 fully saturated rings. The second-order valence-electron chi connectivity index (χ2n) is 4.49. The summed E-state index contributed by atoms with van der Waals surface area (Å²) >= 11 is 0.558. The van der Waals surface area contributed by atoms with Gasteiger partial charge in [-0.2, -0.15) is 8.78 Å². The summed E-state index contributed by atoms with van der Waals surface area (Å²) in [6.45, 7) is 0.733. The van der Waals surface area contributed by atoms with Crippen LogP contribution >= 0.6 is 11.8 Å². The molecule has 0 saturated heterocycles. The predicted molar refractivity (Wildman–Crippen MR) is 71.0 cm³/mol. The van der Waals surface area contributed by atoms with Crippen molar-refractivity contribution in [1.29, 1.82) is 0 Å². The lowest BCUT2D eigenvalue weighted by atomic mass is 10.1. The summed E-state index contributed by atoms with van der Waals surface area (Å²) in [7, 11) is 0. The zero-order valence-corrected chi connectivity index (χ0v) is 11.2. The number of aliphatic hydroxyl groups excluding tert-OH is 1. The van der Waals surface area contributed by atoms with Crippen LogP contribution in [0.2, 0.25) is 0 Å². The van der Waals surface area contributed by atoms with E-state index >= 15 is 0 Å². The van der Waals surface area contributed by atoms with Gasteiger partial charge in [-0.1, -0.05) is 23.9 Å². The zero-order chi connectivity index (χ0) is 13.7. The number of hydrogen-bond donors (Lipinski definition) is 2. The molecule has 0 unspecified atom stereocenters. The average Bonchev–Trinajstić information content (AvgIpc) is 3.03. The second kappa shape index (κ2) is 7.07. The molecule has 0 spiro atoms. The molecule has 1 aliphatic rings. The molecule has 2 atom stereocenters. The number of aliphatic hydroxyl groups is 1. The van der Waals surface area contributed by atoms with Gasteiger partial charge in [0.05, 0.1) is 12.3 Å². The van der Waals surface area contributed by atoms with Crippen molar-refractivity contribution in [3.63, 3.8) is 0 Å². The number of nitrogens with one attached hydrogen (secondary N) is 1. The molecule has 0 radical (unpaired) electrons. The van der Waals surface area contributed by atoms with E-state index in [1.165, 1.54) is 0 Å². The van der Waals surface area contributed by atoms with Gasteiger partial charge in [0, 0.05) is 18.6 Å². The number of alkyl halides is 2. The van der Waals surface area contributed by atoms with Gasteiger partial charge in [-0.3, -0.25) is 0 Å². The summed E-state index contributed by atoms with van der Waals surface area (Å²) in [6.07, 6.45) is 4.92. The van der Waals surface area contributed by atoms with Crippen LogP contribution in [-0.2, 0) is 12.3 Å². The van der Waals surface area contributed by atoms with E-state index in [4.69, 9.17) is 9.52 Å². The highest BCUT2D eigenvalue weighted by Gasteiger charge is 2.17. The molecule has 106 valence electrons. The summed E-state index contributed by atoms with van der Waals surface area (Å²) in [5.41, 5.74) is 0. The SMILES string of the molecule is OC[C@H]1C=C[C@@H](NCc2ccc(CSC(F)F)o2)C1. The third kappa shape index (κ3) is 4.63. The topological polar surface area (TPSA) is 45.4 Å². The molecule has 2 rings (SSSR count). The first kappa shape index (κ1) is 14.6. The van der Waals surface area contributed by atoms with Crippen LogP contribution in [0, 0.1) is 5.92 Å². The lowest BCUT2D eigenvalue weighted by molar-refractivity contribution is 0.245. The first-order chi connectivity index (χ1) is 9.17. The lowest BCUT2D eigenvalue weighted by Gasteiger charge is -2.11. The van der Waals surface area contributed by atoms with E-state index in [9.17, 15) is 8.78 Å². The van der Waals surface area contributed by atoms with Gasteiger partial charge in [-0.15, -0.1) is 0 Å². The Labute approximate surface area is 115 Å². The van der Waals surface area contributed by atoms with Crippen LogP contribution in [0.25, 0.3) is 0 Å². The number of thioether (sulfide) groups is 1. The summed E-state index contributed by atoms with van der Waals surface area (Å²) < 4.78 is 29.5. The van der Waals surface area contributed by atoms with Gasteiger partial charge < -0.3 is 14.8 Å².